The van der Waals surface area contributed by atoms with Crippen molar-refractivity contribution >= 4 is 6.08 Å². The average molecular weight is 165 g/mol. The fraction of sp³-hybridized carbons (Fsp3) is 0.300. The highest BCUT2D eigenvalue weighted by Gasteiger charge is 1.90. The first-order chi connectivity index (χ1) is 5.68. The van der Waals surface area contributed by atoms with Crippen LogP contribution in [0.4, 0.5) is 4.39 Å². The van der Waals surface area contributed by atoms with Gasteiger partial charge in [-0.1, -0.05) is 19.9 Å². The zero-order valence-corrected chi connectivity index (χ0v) is 7.29. The normalized spacial score (nSPS) is 11.3. The first-order valence-corrected chi connectivity index (χ1v) is 3.98. The quantitative estimate of drug-likeness (QED) is 0.656. The Morgan fingerprint density at radius 1 is 1.42 bits per heavy atom. The Morgan fingerprint density at radius 2 is 2.17 bits per heavy atom. The largest absolute Gasteiger partial charge is 0.254 e. The lowest BCUT2D eigenvalue weighted by molar-refractivity contribution is 0.621. The zero-order chi connectivity index (χ0) is 8.97. The summed E-state index contributed by atoms with van der Waals surface area (Å²) in [6, 6.07) is 3.07. The van der Waals surface area contributed by atoms with Crippen LogP contribution < -0.4 is 0 Å². The van der Waals surface area contributed by atoms with Crippen LogP contribution in [0.3, 0.4) is 0 Å². The molecule has 64 valence electrons. The van der Waals surface area contributed by atoms with Crippen molar-refractivity contribution in [2.45, 2.75) is 13.8 Å². The fourth-order valence-corrected chi connectivity index (χ4v) is 0.777. The monoisotopic (exact) mass is 165 g/mol. The Morgan fingerprint density at radius 3 is 2.67 bits per heavy atom. The third-order valence-corrected chi connectivity index (χ3v) is 1.40. The van der Waals surface area contributed by atoms with Crippen LogP contribution in [0, 0.1) is 11.7 Å². The van der Waals surface area contributed by atoms with E-state index in [2.05, 4.69) is 18.8 Å². The highest BCUT2D eigenvalue weighted by molar-refractivity contribution is 5.43. The summed E-state index contributed by atoms with van der Waals surface area (Å²) in [5, 5.41) is 0. The van der Waals surface area contributed by atoms with Crippen molar-refractivity contribution in [3.63, 3.8) is 0 Å². The zero-order valence-electron chi connectivity index (χ0n) is 7.29. The van der Waals surface area contributed by atoms with Crippen molar-refractivity contribution < 1.29 is 4.39 Å². The second-order valence-electron chi connectivity index (χ2n) is 3.00. The molecule has 1 aromatic heterocycles. The lowest BCUT2D eigenvalue weighted by atomic mass is 10.2. The minimum Gasteiger partial charge on any atom is -0.254 e. The molecule has 0 aliphatic heterocycles. The second-order valence-corrected chi connectivity index (χ2v) is 3.00. The maximum absolute atomic E-state index is 12.4. The standard InChI is InChI=1S/C10H12FN/c1-8(2)3-5-10-6-4-9(11)7-12-10/h3-8H,1-2H3/b5-3+. The van der Waals surface area contributed by atoms with E-state index in [0.717, 1.165) is 5.69 Å². The maximum atomic E-state index is 12.4. The molecule has 0 aliphatic rings. The Hall–Kier alpha value is -1.18. The van der Waals surface area contributed by atoms with E-state index in [4.69, 9.17) is 0 Å². The van der Waals surface area contributed by atoms with Gasteiger partial charge in [0.05, 0.1) is 11.9 Å². The highest BCUT2D eigenvalue weighted by Crippen LogP contribution is 2.03. The van der Waals surface area contributed by atoms with Gasteiger partial charge in [0.15, 0.2) is 0 Å². The van der Waals surface area contributed by atoms with Crippen LogP contribution >= 0.6 is 0 Å². The molecule has 0 aliphatic carbocycles. The molecule has 2 heteroatoms. The molecule has 12 heavy (non-hydrogen) atoms. The van der Waals surface area contributed by atoms with Gasteiger partial charge in [0.2, 0.25) is 0 Å². The SMILES string of the molecule is CC(C)/C=C/c1ccc(F)cn1. The third-order valence-electron chi connectivity index (χ3n) is 1.40. The van der Waals surface area contributed by atoms with E-state index in [1.807, 2.05) is 12.2 Å². The van der Waals surface area contributed by atoms with E-state index in [1.54, 1.807) is 6.07 Å². The van der Waals surface area contributed by atoms with Crippen LogP contribution in [0.25, 0.3) is 6.08 Å². The van der Waals surface area contributed by atoms with Crippen molar-refractivity contribution in [2.24, 2.45) is 5.92 Å². The van der Waals surface area contributed by atoms with E-state index in [9.17, 15) is 4.39 Å². The second kappa shape index (κ2) is 4.00. The lowest BCUT2D eigenvalue weighted by Crippen LogP contribution is -1.83. The van der Waals surface area contributed by atoms with E-state index in [1.165, 1.54) is 12.3 Å². The van der Waals surface area contributed by atoms with Crippen molar-refractivity contribution in [1.82, 2.24) is 4.98 Å². The van der Waals surface area contributed by atoms with Crippen LogP contribution in [0.15, 0.2) is 24.4 Å². The molecule has 0 N–H and O–H groups in total. The van der Waals surface area contributed by atoms with Gasteiger partial charge >= 0.3 is 0 Å². The van der Waals surface area contributed by atoms with Gasteiger partial charge in [-0.2, -0.15) is 0 Å². The third kappa shape index (κ3) is 2.82. The van der Waals surface area contributed by atoms with Crippen molar-refractivity contribution in [2.75, 3.05) is 0 Å². The van der Waals surface area contributed by atoms with E-state index in [0.29, 0.717) is 5.92 Å². The fourth-order valence-electron chi connectivity index (χ4n) is 0.777. The first-order valence-electron chi connectivity index (χ1n) is 3.98. The van der Waals surface area contributed by atoms with Crippen LogP contribution in [-0.2, 0) is 0 Å². The number of pyridine rings is 1. The van der Waals surface area contributed by atoms with Crippen LogP contribution in [0.2, 0.25) is 0 Å². The number of hydrogen-bond donors (Lipinski definition) is 0. The molecule has 0 aromatic carbocycles. The number of rotatable bonds is 2. The summed E-state index contributed by atoms with van der Waals surface area (Å²) in [5.41, 5.74) is 0.796. The van der Waals surface area contributed by atoms with E-state index >= 15 is 0 Å². The number of allylic oxidation sites excluding steroid dienone is 1. The topological polar surface area (TPSA) is 12.9 Å². The number of hydrogen-bond acceptors (Lipinski definition) is 1. The van der Waals surface area contributed by atoms with Crippen LogP contribution in [0.5, 0.6) is 0 Å². The molecular weight excluding hydrogens is 153 g/mol. The first kappa shape index (κ1) is 8.91. The summed E-state index contributed by atoms with van der Waals surface area (Å²) in [4.78, 5) is 3.89. The molecule has 0 unspecified atom stereocenters. The van der Waals surface area contributed by atoms with Gasteiger partial charge in [-0.15, -0.1) is 0 Å². The van der Waals surface area contributed by atoms with Crippen molar-refractivity contribution in [3.8, 4) is 0 Å². The molecule has 1 rings (SSSR count). The molecule has 0 spiro atoms. The summed E-state index contributed by atoms with van der Waals surface area (Å²) < 4.78 is 12.4. The Labute approximate surface area is 72.0 Å². The van der Waals surface area contributed by atoms with Crippen molar-refractivity contribution in [3.05, 3.63) is 35.9 Å². The van der Waals surface area contributed by atoms with Gasteiger partial charge in [-0.3, -0.25) is 4.98 Å². The number of halogens is 1. The van der Waals surface area contributed by atoms with Gasteiger partial charge in [0.1, 0.15) is 5.82 Å². The predicted octanol–water partition coefficient (Wildman–Crippen LogP) is 2.89. The number of nitrogens with zero attached hydrogens (tertiary/aromatic N) is 1. The molecular formula is C10H12FN. The van der Waals surface area contributed by atoms with Crippen LogP contribution in [0.1, 0.15) is 19.5 Å². The molecule has 0 radical (unpaired) electrons. The minimum absolute atomic E-state index is 0.295. The molecule has 0 saturated heterocycles. The molecule has 0 bridgehead atoms. The molecule has 0 saturated carbocycles. The molecule has 1 heterocycles. The molecule has 0 amide bonds. The van der Waals surface area contributed by atoms with Gasteiger partial charge in [0, 0.05) is 0 Å². The predicted molar refractivity (Wildman–Crippen MR) is 48.1 cm³/mol. The summed E-state index contributed by atoms with van der Waals surface area (Å²) in [6.07, 6.45) is 5.14. The minimum atomic E-state index is -0.295. The maximum Gasteiger partial charge on any atom is 0.141 e. The Balaban J connectivity index is 2.71. The van der Waals surface area contributed by atoms with E-state index in [-0.39, 0.29) is 5.82 Å². The summed E-state index contributed by atoms with van der Waals surface area (Å²) >= 11 is 0. The Bertz CT molecular complexity index is 262. The molecule has 1 nitrogen and oxygen atoms in total. The van der Waals surface area contributed by atoms with Gasteiger partial charge in [-0.05, 0) is 24.1 Å². The average Bonchev–Trinajstić information content (AvgIpc) is 2.03. The molecule has 0 atom stereocenters. The molecule has 0 fully saturated rings. The highest BCUT2D eigenvalue weighted by atomic mass is 19.1. The van der Waals surface area contributed by atoms with Gasteiger partial charge < -0.3 is 0 Å². The molecule has 1 aromatic rings. The smallest absolute Gasteiger partial charge is 0.141 e. The Kier molecular flexibility index (Phi) is 2.97. The summed E-state index contributed by atoms with van der Waals surface area (Å²) in [5.74, 6) is 0.202. The van der Waals surface area contributed by atoms with E-state index < -0.39 is 0 Å². The number of aromatic nitrogens is 1. The van der Waals surface area contributed by atoms with Gasteiger partial charge in [0.25, 0.3) is 0 Å². The lowest BCUT2D eigenvalue weighted by Gasteiger charge is -1.94. The van der Waals surface area contributed by atoms with Crippen molar-refractivity contribution in [1.29, 1.82) is 0 Å². The summed E-state index contributed by atoms with van der Waals surface area (Å²) in [6.45, 7) is 4.17. The van der Waals surface area contributed by atoms with Crippen LogP contribution in [-0.4, -0.2) is 4.98 Å². The summed E-state index contributed by atoms with van der Waals surface area (Å²) in [7, 11) is 0. The van der Waals surface area contributed by atoms with Gasteiger partial charge in [-0.25, -0.2) is 4.39 Å².